The van der Waals surface area contributed by atoms with Gasteiger partial charge in [-0.05, 0) is 42.3 Å². The van der Waals surface area contributed by atoms with Gasteiger partial charge in [0.15, 0.2) is 11.6 Å². The highest BCUT2D eigenvalue weighted by Gasteiger charge is 2.07. The molecule has 0 saturated carbocycles. The summed E-state index contributed by atoms with van der Waals surface area (Å²) in [5.41, 5.74) is 1.62. The van der Waals surface area contributed by atoms with E-state index in [0.717, 1.165) is 17.7 Å². The number of aliphatic hydroxyl groups is 1. The van der Waals surface area contributed by atoms with Gasteiger partial charge in [0.25, 0.3) is 0 Å². The average molecular weight is 250 g/mol. The first-order chi connectivity index (χ1) is 8.60. The summed E-state index contributed by atoms with van der Waals surface area (Å²) in [6.45, 7) is 1.74. The molecule has 0 aliphatic carbocycles. The summed E-state index contributed by atoms with van der Waals surface area (Å²) in [7, 11) is 0. The monoisotopic (exact) mass is 250 g/mol. The van der Waals surface area contributed by atoms with Crippen LogP contribution in [0.5, 0.6) is 11.5 Å². The molecule has 0 aromatic heterocycles. The van der Waals surface area contributed by atoms with Crippen LogP contribution in [-0.4, -0.2) is 5.11 Å². The number of aryl methyl sites for hydroxylation is 1. The minimum atomic E-state index is -0.763. The number of benzene rings is 2. The Balaban J connectivity index is 2.28. The smallest absolute Gasteiger partial charge is 0.168 e. The molecule has 2 aromatic rings. The van der Waals surface area contributed by atoms with Gasteiger partial charge in [-0.25, -0.2) is 8.78 Å². The van der Waals surface area contributed by atoms with E-state index in [0.29, 0.717) is 11.3 Å². The molecule has 2 aromatic carbocycles. The molecule has 94 valence electrons. The van der Waals surface area contributed by atoms with Gasteiger partial charge in [0, 0.05) is 6.07 Å². The number of hydrogen-bond donors (Lipinski definition) is 1. The summed E-state index contributed by atoms with van der Waals surface area (Å²) in [6.07, 6.45) is 0. The van der Waals surface area contributed by atoms with Crippen LogP contribution >= 0.6 is 0 Å². The first kappa shape index (κ1) is 12.5. The topological polar surface area (TPSA) is 29.5 Å². The largest absolute Gasteiger partial charge is 0.454 e. The maximum absolute atomic E-state index is 13.4. The fourth-order valence-electron chi connectivity index (χ4n) is 1.57. The third-order valence-electron chi connectivity index (χ3n) is 2.61. The van der Waals surface area contributed by atoms with E-state index in [1.165, 1.54) is 6.07 Å². The Kier molecular flexibility index (Phi) is 3.58. The van der Waals surface area contributed by atoms with Gasteiger partial charge in [-0.1, -0.05) is 6.07 Å². The van der Waals surface area contributed by atoms with Crippen LogP contribution in [-0.2, 0) is 6.61 Å². The molecule has 0 spiro atoms. The van der Waals surface area contributed by atoms with Crippen LogP contribution in [0.25, 0.3) is 0 Å². The predicted molar refractivity (Wildman–Crippen MR) is 63.5 cm³/mol. The zero-order valence-corrected chi connectivity index (χ0v) is 9.78. The molecule has 0 aliphatic rings. The molecule has 0 saturated heterocycles. The summed E-state index contributed by atoms with van der Waals surface area (Å²) in [4.78, 5) is 0. The van der Waals surface area contributed by atoms with Crippen LogP contribution in [0.15, 0.2) is 36.4 Å². The van der Waals surface area contributed by atoms with Gasteiger partial charge in [-0.2, -0.15) is 0 Å². The number of aliphatic hydroxyl groups excluding tert-OH is 1. The zero-order chi connectivity index (χ0) is 13.1. The number of rotatable bonds is 3. The fourth-order valence-corrected chi connectivity index (χ4v) is 1.57. The van der Waals surface area contributed by atoms with Gasteiger partial charge in [0.1, 0.15) is 11.6 Å². The fraction of sp³-hybridized carbons (Fsp3) is 0.143. The van der Waals surface area contributed by atoms with E-state index in [4.69, 9.17) is 9.84 Å². The molecule has 1 N–H and O–H groups in total. The van der Waals surface area contributed by atoms with Crippen LogP contribution in [0.2, 0.25) is 0 Å². The number of halogens is 2. The lowest BCUT2D eigenvalue weighted by atomic mass is 10.1. The summed E-state index contributed by atoms with van der Waals surface area (Å²) in [6, 6.07) is 8.16. The van der Waals surface area contributed by atoms with Gasteiger partial charge in [0.2, 0.25) is 0 Å². The van der Waals surface area contributed by atoms with E-state index in [-0.39, 0.29) is 12.4 Å². The average Bonchev–Trinajstić information content (AvgIpc) is 2.35. The quantitative estimate of drug-likeness (QED) is 0.902. The van der Waals surface area contributed by atoms with Crippen molar-refractivity contribution in [1.82, 2.24) is 0 Å². The van der Waals surface area contributed by atoms with E-state index < -0.39 is 11.6 Å². The van der Waals surface area contributed by atoms with Crippen molar-refractivity contribution < 1.29 is 18.6 Å². The molecule has 0 radical (unpaired) electrons. The molecule has 0 amide bonds. The molecular formula is C14H12F2O2. The molecule has 18 heavy (non-hydrogen) atoms. The maximum atomic E-state index is 13.4. The molecule has 0 aliphatic heterocycles. The summed E-state index contributed by atoms with van der Waals surface area (Å²) >= 11 is 0. The third kappa shape index (κ3) is 2.65. The third-order valence-corrected chi connectivity index (χ3v) is 2.61. The molecule has 0 fully saturated rings. The van der Waals surface area contributed by atoms with Crippen LogP contribution in [0.1, 0.15) is 11.1 Å². The van der Waals surface area contributed by atoms with Gasteiger partial charge in [0.05, 0.1) is 6.61 Å². The molecular weight excluding hydrogens is 238 g/mol. The van der Waals surface area contributed by atoms with Crippen LogP contribution in [0.4, 0.5) is 8.78 Å². The number of ether oxygens (including phenoxy) is 1. The van der Waals surface area contributed by atoms with Gasteiger partial charge in [-0.15, -0.1) is 0 Å². The molecule has 4 heteroatoms. The zero-order valence-electron chi connectivity index (χ0n) is 9.78. The second-order valence-electron chi connectivity index (χ2n) is 3.92. The molecule has 0 unspecified atom stereocenters. The Morgan fingerprint density at radius 2 is 1.89 bits per heavy atom. The van der Waals surface area contributed by atoms with Crippen LogP contribution in [0, 0.1) is 18.6 Å². The highest BCUT2D eigenvalue weighted by molar-refractivity contribution is 5.38. The SMILES string of the molecule is Cc1ccc(Oc2ccc(F)cc2F)cc1CO. The van der Waals surface area contributed by atoms with Gasteiger partial charge < -0.3 is 9.84 Å². The Labute approximate surface area is 103 Å². The van der Waals surface area contributed by atoms with E-state index in [9.17, 15) is 8.78 Å². The van der Waals surface area contributed by atoms with Crippen molar-refractivity contribution in [2.75, 3.05) is 0 Å². The Morgan fingerprint density at radius 3 is 2.56 bits per heavy atom. The number of hydrogen-bond acceptors (Lipinski definition) is 2. The van der Waals surface area contributed by atoms with Crippen molar-refractivity contribution in [1.29, 1.82) is 0 Å². The van der Waals surface area contributed by atoms with Crippen molar-refractivity contribution in [3.05, 3.63) is 59.2 Å². The molecule has 0 atom stereocenters. The van der Waals surface area contributed by atoms with E-state index in [2.05, 4.69) is 0 Å². The highest BCUT2D eigenvalue weighted by atomic mass is 19.1. The maximum Gasteiger partial charge on any atom is 0.168 e. The first-order valence-electron chi connectivity index (χ1n) is 5.43. The van der Waals surface area contributed by atoms with Gasteiger partial charge >= 0.3 is 0 Å². The summed E-state index contributed by atoms with van der Waals surface area (Å²) in [5, 5.41) is 9.12. The molecule has 0 heterocycles. The summed E-state index contributed by atoms with van der Waals surface area (Å²) < 4.78 is 31.4. The second-order valence-corrected chi connectivity index (χ2v) is 3.92. The molecule has 2 nitrogen and oxygen atoms in total. The van der Waals surface area contributed by atoms with Crippen molar-refractivity contribution in [3.8, 4) is 11.5 Å². The first-order valence-corrected chi connectivity index (χ1v) is 5.43. The van der Waals surface area contributed by atoms with Gasteiger partial charge in [-0.3, -0.25) is 0 Å². The van der Waals surface area contributed by atoms with Crippen molar-refractivity contribution in [3.63, 3.8) is 0 Å². The lowest BCUT2D eigenvalue weighted by Gasteiger charge is -2.09. The highest BCUT2D eigenvalue weighted by Crippen LogP contribution is 2.26. The summed E-state index contributed by atoms with van der Waals surface area (Å²) in [5.74, 6) is -1.07. The van der Waals surface area contributed by atoms with E-state index in [1.54, 1.807) is 18.2 Å². The van der Waals surface area contributed by atoms with Crippen LogP contribution in [0.3, 0.4) is 0 Å². The normalized spacial score (nSPS) is 10.4. The molecule has 0 bridgehead atoms. The second kappa shape index (κ2) is 5.14. The Bertz CT molecular complexity index is 568. The predicted octanol–water partition coefficient (Wildman–Crippen LogP) is 3.56. The Hall–Kier alpha value is -1.94. The Morgan fingerprint density at radius 1 is 1.11 bits per heavy atom. The lowest BCUT2D eigenvalue weighted by Crippen LogP contribution is -1.93. The minimum Gasteiger partial charge on any atom is -0.454 e. The van der Waals surface area contributed by atoms with Crippen molar-refractivity contribution in [2.45, 2.75) is 13.5 Å². The molecule has 2 rings (SSSR count). The van der Waals surface area contributed by atoms with E-state index in [1.807, 2.05) is 6.92 Å². The van der Waals surface area contributed by atoms with Crippen LogP contribution < -0.4 is 4.74 Å². The lowest BCUT2D eigenvalue weighted by molar-refractivity contribution is 0.280. The standard InChI is InChI=1S/C14H12F2O2/c1-9-2-4-12(6-10(9)8-17)18-14-5-3-11(15)7-13(14)16/h2-7,17H,8H2,1H3. The van der Waals surface area contributed by atoms with E-state index >= 15 is 0 Å². The van der Waals surface area contributed by atoms with Crippen molar-refractivity contribution in [2.24, 2.45) is 0 Å². The minimum absolute atomic E-state index is 0.0517. The van der Waals surface area contributed by atoms with Crippen molar-refractivity contribution >= 4 is 0 Å².